The fraction of sp³-hybridized carbons (Fsp3) is 0.143. The summed E-state index contributed by atoms with van der Waals surface area (Å²) in [6, 6.07) is 0. The topological polar surface area (TPSA) is 55.7 Å². The maximum atomic E-state index is 10.9. The van der Waals surface area contributed by atoms with E-state index in [1.807, 2.05) is 0 Å². The van der Waals surface area contributed by atoms with Crippen LogP contribution in [0.15, 0.2) is 12.3 Å². The van der Waals surface area contributed by atoms with E-state index in [4.69, 9.17) is 0 Å². The molecule has 54 valence electrons. The first-order chi connectivity index (χ1) is 5.36. The predicted molar refractivity (Wildman–Crippen MR) is 37.6 cm³/mol. The Morgan fingerprint density at radius 1 is 1.36 bits per heavy atom. The number of nitrogens with zero attached hydrogens (tertiary/aromatic N) is 3. The van der Waals surface area contributed by atoms with Crippen LogP contribution in [0.25, 0.3) is 6.08 Å². The molecule has 0 unspecified atom stereocenters. The van der Waals surface area contributed by atoms with Crippen LogP contribution < -0.4 is 0 Å². The first-order valence-corrected chi connectivity index (χ1v) is 3.24. The summed E-state index contributed by atoms with van der Waals surface area (Å²) >= 11 is 0. The number of rotatable bonds is 0. The van der Waals surface area contributed by atoms with Gasteiger partial charge in [-0.25, -0.2) is 0 Å². The Kier molecular flexibility index (Phi) is 1.25. The Morgan fingerprint density at radius 2 is 2.27 bits per heavy atom. The molecule has 11 heavy (non-hydrogen) atoms. The van der Waals surface area contributed by atoms with Gasteiger partial charge in [0.05, 0.1) is 18.3 Å². The fourth-order valence-corrected chi connectivity index (χ4v) is 0.983. The van der Waals surface area contributed by atoms with Gasteiger partial charge in [0.2, 0.25) is 0 Å². The molecule has 4 nitrogen and oxygen atoms in total. The minimum Gasteiger partial charge on any atom is -0.294 e. The number of fused-ring (bicyclic) bond motifs is 1. The summed E-state index contributed by atoms with van der Waals surface area (Å²) in [5.74, 6) is 0.0676. The van der Waals surface area contributed by atoms with Gasteiger partial charge in [-0.05, 0) is 17.4 Å². The average molecular weight is 147 g/mol. The molecule has 0 fully saturated rings. The van der Waals surface area contributed by atoms with Gasteiger partial charge in [0.25, 0.3) is 0 Å². The number of carbonyl (C=O) groups excluding carboxylic acids is 1. The molecule has 0 spiro atoms. The highest BCUT2D eigenvalue weighted by Gasteiger charge is 2.11. The Bertz CT molecular complexity index is 332. The Morgan fingerprint density at radius 3 is 3.18 bits per heavy atom. The SMILES string of the molecule is O=C1C=Cc2cnnnc2C1. The molecule has 0 saturated carbocycles. The van der Waals surface area contributed by atoms with Crippen molar-refractivity contribution >= 4 is 11.9 Å². The molecule has 0 aromatic carbocycles. The van der Waals surface area contributed by atoms with Crippen molar-refractivity contribution in [1.29, 1.82) is 0 Å². The van der Waals surface area contributed by atoms with Gasteiger partial charge < -0.3 is 0 Å². The van der Waals surface area contributed by atoms with Crippen LogP contribution in [-0.4, -0.2) is 21.2 Å². The van der Waals surface area contributed by atoms with Crippen molar-refractivity contribution in [3.05, 3.63) is 23.5 Å². The minimum atomic E-state index is 0.0676. The largest absolute Gasteiger partial charge is 0.294 e. The number of allylic oxidation sites excluding steroid dienone is 1. The molecule has 0 bridgehead atoms. The van der Waals surface area contributed by atoms with Crippen LogP contribution in [0, 0.1) is 0 Å². The van der Waals surface area contributed by atoms with E-state index in [1.165, 1.54) is 6.08 Å². The van der Waals surface area contributed by atoms with Gasteiger partial charge >= 0.3 is 0 Å². The Balaban J connectivity index is 2.54. The third-order valence-corrected chi connectivity index (χ3v) is 1.54. The van der Waals surface area contributed by atoms with Crippen molar-refractivity contribution in [2.24, 2.45) is 0 Å². The second-order valence-electron chi connectivity index (χ2n) is 2.31. The lowest BCUT2D eigenvalue weighted by molar-refractivity contribution is -0.114. The third-order valence-electron chi connectivity index (χ3n) is 1.54. The number of hydrogen-bond donors (Lipinski definition) is 0. The van der Waals surface area contributed by atoms with Crippen LogP contribution in [0.2, 0.25) is 0 Å². The summed E-state index contributed by atoms with van der Waals surface area (Å²) < 4.78 is 0. The predicted octanol–water partition coefficient (Wildman–Crippen LogP) is 0.0100. The van der Waals surface area contributed by atoms with E-state index in [0.717, 1.165) is 5.56 Å². The van der Waals surface area contributed by atoms with Crippen molar-refractivity contribution in [2.75, 3.05) is 0 Å². The van der Waals surface area contributed by atoms with Crippen LogP contribution >= 0.6 is 0 Å². The summed E-state index contributed by atoms with van der Waals surface area (Å²) in [5.41, 5.74) is 1.60. The summed E-state index contributed by atoms with van der Waals surface area (Å²) in [7, 11) is 0. The lowest BCUT2D eigenvalue weighted by Gasteiger charge is -2.03. The quantitative estimate of drug-likeness (QED) is 0.518. The van der Waals surface area contributed by atoms with E-state index in [9.17, 15) is 4.79 Å². The summed E-state index contributed by atoms with van der Waals surface area (Å²) in [6.45, 7) is 0. The summed E-state index contributed by atoms with van der Waals surface area (Å²) in [6.07, 6.45) is 5.20. The molecule has 0 atom stereocenters. The van der Waals surface area contributed by atoms with E-state index < -0.39 is 0 Å². The first kappa shape index (κ1) is 6.15. The monoisotopic (exact) mass is 147 g/mol. The van der Waals surface area contributed by atoms with Crippen molar-refractivity contribution in [1.82, 2.24) is 15.4 Å². The molecule has 0 amide bonds. The molecule has 2 rings (SSSR count). The molecular formula is C7H5N3O. The number of ketones is 1. The van der Waals surface area contributed by atoms with E-state index >= 15 is 0 Å². The van der Waals surface area contributed by atoms with Crippen LogP contribution in [0.3, 0.4) is 0 Å². The van der Waals surface area contributed by atoms with Crippen LogP contribution in [0.4, 0.5) is 0 Å². The van der Waals surface area contributed by atoms with Crippen molar-refractivity contribution in [2.45, 2.75) is 6.42 Å². The molecule has 1 aromatic heterocycles. The van der Waals surface area contributed by atoms with Gasteiger partial charge in [0.1, 0.15) is 0 Å². The molecule has 0 aliphatic heterocycles. The van der Waals surface area contributed by atoms with E-state index in [1.54, 1.807) is 12.3 Å². The molecule has 0 radical (unpaired) electrons. The standard InChI is InChI=1S/C7H5N3O/c11-6-2-1-5-4-8-10-9-7(5)3-6/h1-2,4H,3H2. The number of aromatic nitrogens is 3. The van der Waals surface area contributed by atoms with Gasteiger partial charge in [-0.3, -0.25) is 4.79 Å². The first-order valence-electron chi connectivity index (χ1n) is 3.24. The maximum Gasteiger partial charge on any atom is 0.161 e. The van der Waals surface area contributed by atoms with E-state index in [-0.39, 0.29) is 5.78 Å². The molecule has 1 aliphatic carbocycles. The van der Waals surface area contributed by atoms with Crippen molar-refractivity contribution < 1.29 is 4.79 Å². The maximum absolute atomic E-state index is 10.9. The smallest absolute Gasteiger partial charge is 0.161 e. The highest BCUT2D eigenvalue weighted by molar-refractivity contribution is 5.97. The molecule has 1 aromatic rings. The van der Waals surface area contributed by atoms with Crippen molar-refractivity contribution in [3.63, 3.8) is 0 Å². The molecule has 1 aliphatic rings. The van der Waals surface area contributed by atoms with Gasteiger partial charge in [0, 0.05) is 5.56 Å². The third kappa shape index (κ3) is 1.02. The molecule has 1 heterocycles. The van der Waals surface area contributed by atoms with Gasteiger partial charge in [-0.2, -0.15) is 0 Å². The normalized spacial score (nSPS) is 14.7. The van der Waals surface area contributed by atoms with Gasteiger partial charge in [-0.15, -0.1) is 10.2 Å². The zero-order chi connectivity index (χ0) is 7.68. The van der Waals surface area contributed by atoms with Crippen LogP contribution in [0.1, 0.15) is 11.3 Å². The summed E-state index contributed by atoms with van der Waals surface area (Å²) in [5, 5.41) is 10.8. The highest BCUT2D eigenvalue weighted by atomic mass is 16.1. The molecule has 4 heteroatoms. The second-order valence-corrected chi connectivity index (χ2v) is 2.31. The zero-order valence-corrected chi connectivity index (χ0v) is 5.69. The lowest BCUT2D eigenvalue weighted by atomic mass is 10.0. The second kappa shape index (κ2) is 2.23. The van der Waals surface area contributed by atoms with E-state index in [2.05, 4.69) is 15.4 Å². The number of carbonyl (C=O) groups is 1. The van der Waals surface area contributed by atoms with Crippen LogP contribution in [0.5, 0.6) is 0 Å². The van der Waals surface area contributed by atoms with Gasteiger partial charge in [-0.1, -0.05) is 0 Å². The Labute approximate surface area is 63.0 Å². The van der Waals surface area contributed by atoms with Crippen LogP contribution in [-0.2, 0) is 11.2 Å². The Hall–Kier alpha value is -1.58. The molecule has 0 N–H and O–H groups in total. The lowest BCUT2D eigenvalue weighted by Crippen LogP contribution is -2.09. The molecule has 0 saturated heterocycles. The fourth-order valence-electron chi connectivity index (χ4n) is 0.983. The van der Waals surface area contributed by atoms with Gasteiger partial charge in [0.15, 0.2) is 5.78 Å². The van der Waals surface area contributed by atoms with E-state index in [0.29, 0.717) is 12.1 Å². The average Bonchev–Trinajstić information content (AvgIpc) is 2.04. The summed E-state index contributed by atoms with van der Waals surface area (Å²) in [4.78, 5) is 10.9. The number of hydrogen-bond acceptors (Lipinski definition) is 4. The molecular weight excluding hydrogens is 142 g/mol. The minimum absolute atomic E-state index is 0.0676. The highest BCUT2D eigenvalue weighted by Crippen LogP contribution is 2.11. The van der Waals surface area contributed by atoms with Crippen molar-refractivity contribution in [3.8, 4) is 0 Å². The zero-order valence-electron chi connectivity index (χ0n) is 5.69.